The van der Waals surface area contributed by atoms with Crippen LogP contribution in [0.3, 0.4) is 0 Å². The van der Waals surface area contributed by atoms with Gasteiger partial charge in [-0.1, -0.05) is 13.3 Å². The van der Waals surface area contributed by atoms with Gasteiger partial charge in [0.25, 0.3) is 10.2 Å². The molecule has 3 N–H and O–H groups in total. The van der Waals surface area contributed by atoms with Crippen molar-refractivity contribution in [3.8, 4) is 0 Å². The summed E-state index contributed by atoms with van der Waals surface area (Å²) in [7, 11) is -3.36. The van der Waals surface area contributed by atoms with Crippen molar-refractivity contribution in [1.82, 2.24) is 9.03 Å². The third-order valence-corrected chi connectivity index (χ3v) is 5.75. The monoisotopic (exact) mass is 295 g/mol. The predicted molar refractivity (Wildman–Crippen MR) is 77.9 cm³/mol. The summed E-state index contributed by atoms with van der Waals surface area (Å²) in [5.74, 6) is 1.30. The Balaban J connectivity index is 2.55. The molecular formula is C11H25N3O2S2. The standard InChI is InChI=1S/C11H25N3O2S2/c1-10(9-17-2)8-13-18(15,16)14-6-4-3-5-11(14)7-12/h10-11,13H,3-9,12H2,1-2H3. The van der Waals surface area contributed by atoms with Gasteiger partial charge in [0.2, 0.25) is 0 Å². The fourth-order valence-corrected chi connectivity index (χ4v) is 4.50. The first-order valence-corrected chi connectivity index (χ1v) is 9.30. The molecule has 1 aliphatic heterocycles. The molecule has 18 heavy (non-hydrogen) atoms. The van der Waals surface area contributed by atoms with Gasteiger partial charge in [0.15, 0.2) is 0 Å². The van der Waals surface area contributed by atoms with Gasteiger partial charge in [-0.15, -0.1) is 0 Å². The molecule has 2 unspecified atom stereocenters. The first kappa shape index (κ1) is 16.2. The number of nitrogens with zero attached hydrogens (tertiary/aromatic N) is 1. The van der Waals surface area contributed by atoms with Crippen LogP contribution in [-0.2, 0) is 10.2 Å². The molecule has 1 heterocycles. The van der Waals surface area contributed by atoms with E-state index in [1.807, 2.05) is 6.26 Å². The zero-order valence-corrected chi connectivity index (χ0v) is 12.9. The van der Waals surface area contributed by atoms with Crippen molar-refractivity contribution in [2.45, 2.75) is 32.2 Å². The lowest BCUT2D eigenvalue weighted by Crippen LogP contribution is -2.52. The first-order valence-electron chi connectivity index (χ1n) is 6.46. The lowest BCUT2D eigenvalue weighted by atomic mass is 10.1. The Kier molecular flexibility index (Phi) is 6.94. The van der Waals surface area contributed by atoms with Crippen molar-refractivity contribution in [2.24, 2.45) is 11.7 Å². The summed E-state index contributed by atoms with van der Waals surface area (Å²) in [4.78, 5) is 0. The van der Waals surface area contributed by atoms with Gasteiger partial charge in [-0.3, -0.25) is 0 Å². The molecule has 1 aliphatic rings. The van der Waals surface area contributed by atoms with E-state index in [0.29, 0.717) is 25.6 Å². The molecule has 0 radical (unpaired) electrons. The largest absolute Gasteiger partial charge is 0.329 e. The molecule has 0 aromatic rings. The highest BCUT2D eigenvalue weighted by molar-refractivity contribution is 7.98. The molecule has 0 saturated carbocycles. The maximum Gasteiger partial charge on any atom is 0.279 e. The second kappa shape index (κ2) is 7.69. The van der Waals surface area contributed by atoms with E-state index in [4.69, 9.17) is 5.73 Å². The maximum atomic E-state index is 12.2. The first-order chi connectivity index (χ1) is 8.51. The van der Waals surface area contributed by atoms with Gasteiger partial charge in [-0.25, -0.2) is 4.72 Å². The highest BCUT2D eigenvalue weighted by atomic mass is 32.2. The number of hydrogen-bond acceptors (Lipinski definition) is 4. The Morgan fingerprint density at radius 2 is 2.22 bits per heavy atom. The number of piperidine rings is 1. The Labute approximate surface area is 115 Å². The molecule has 0 aromatic carbocycles. The molecule has 2 atom stereocenters. The lowest BCUT2D eigenvalue weighted by Gasteiger charge is -2.34. The number of nitrogens with two attached hydrogens (primary N) is 1. The average Bonchev–Trinajstić information content (AvgIpc) is 2.37. The van der Waals surface area contributed by atoms with Gasteiger partial charge in [0.05, 0.1) is 0 Å². The van der Waals surface area contributed by atoms with E-state index >= 15 is 0 Å². The minimum Gasteiger partial charge on any atom is -0.329 e. The van der Waals surface area contributed by atoms with Crippen molar-refractivity contribution in [3.63, 3.8) is 0 Å². The second-order valence-electron chi connectivity index (χ2n) is 4.91. The van der Waals surface area contributed by atoms with Crippen molar-refractivity contribution in [2.75, 3.05) is 31.6 Å². The summed E-state index contributed by atoms with van der Waals surface area (Å²) < 4.78 is 28.7. The van der Waals surface area contributed by atoms with Crippen LogP contribution in [0.5, 0.6) is 0 Å². The van der Waals surface area contributed by atoms with E-state index in [1.165, 1.54) is 0 Å². The highest BCUT2D eigenvalue weighted by Crippen LogP contribution is 2.19. The predicted octanol–water partition coefficient (Wildman–Crippen LogP) is 0.633. The summed E-state index contributed by atoms with van der Waals surface area (Å²) >= 11 is 1.73. The Morgan fingerprint density at radius 3 is 2.83 bits per heavy atom. The topological polar surface area (TPSA) is 75.4 Å². The molecule has 0 spiro atoms. The van der Waals surface area contributed by atoms with Gasteiger partial charge >= 0.3 is 0 Å². The molecule has 1 rings (SSSR count). The normalized spacial score (nSPS) is 24.1. The molecule has 5 nitrogen and oxygen atoms in total. The molecule has 0 aliphatic carbocycles. The van der Waals surface area contributed by atoms with Crippen molar-refractivity contribution in [1.29, 1.82) is 0 Å². The summed E-state index contributed by atoms with van der Waals surface area (Å²) in [5.41, 5.74) is 5.66. The minimum absolute atomic E-state index is 0.0351. The maximum absolute atomic E-state index is 12.2. The third-order valence-electron chi connectivity index (χ3n) is 3.22. The molecule has 0 bridgehead atoms. The van der Waals surface area contributed by atoms with Crippen molar-refractivity contribution in [3.05, 3.63) is 0 Å². The molecule has 108 valence electrons. The van der Waals surface area contributed by atoms with Crippen LogP contribution in [0.25, 0.3) is 0 Å². The summed E-state index contributed by atoms with van der Waals surface area (Å²) in [6.07, 6.45) is 4.90. The van der Waals surface area contributed by atoms with Gasteiger partial charge in [-0.2, -0.15) is 24.5 Å². The van der Waals surface area contributed by atoms with Gasteiger partial charge in [0.1, 0.15) is 0 Å². The van der Waals surface area contributed by atoms with E-state index in [-0.39, 0.29) is 6.04 Å². The second-order valence-corrected chi connectivity index (χ2v) is 7.53. The van der Waals surface area contributed by atoms with E-state index < -0.39 is 10.2 Å². The van der Waals surface area contributed by atoms with E-state index in [0.717, 1.165) is 25.0 Å². The number of rotatable bonds is 7. The van der Waals surface area contributed by atoms with Crippen LogP contribution in [0, 0.1) is 5.92 Å². The molecule has 7 heteroatoms. The van der Waals surface area contributed by atoms with Crippen LogP contribution >= 0.6 is 11.8 Å². The Bertz CT molecular complexity index is 335. The lowest BCUT2D eigenvalue weighted by molar-refractivity contribution is 0.254. The number of nitrogens with one attached hydrogen (secondary N) is 1. The van der Waals surface area contributed by atoms with Gasteiger partial charge in [0, 0.05) is 25.7 Å². The fraction of sp³-hybridized carbons (Fsp3) is 1.00. The van der Waals surface area contributed by atoms with Crippen LogP contribution in [-0.4, -0.2) is 50.4 Å². The highest BCUT2D eigenvalue weighted by Gasteiger charge is 2.31. The van der Waals surface area contributed by atoms with Crippen LogP contribution < -0.4 is 10.5 Å². The van der Waals surface area contributed by atoms with E-state index in [2.05, 4.69) is 11.6 Å². The van der Waals surface area contributed by atoms with Crippen LogP contribution in [0.4, 0.5) is 0 Å². The van der Waals surface area contributed by atoms with Crippen LogP contribution in [0.15, 0.2) is 0 Å². The quantitative estimate of drug-likeness (QED) is 0.722. The molecule has 0 aromatic heterocycles. The van der Waals surface area contributed by atoms with Gasteiger partial charge < -0.3 is 5.73 Å². The Hall–Kier alpha value is 0.180. The number of hydrogen-bond donors (Lipinski definition) is 2. The molecular weight excluding hydrogens is 270 g/mol. The molecule has 1 fully saturated rings. The fourth-order valence-electron chi connectivity index (χ4n) is 2.20. The van der Waals surface area contributed by atoms with Crippen LogP contribution in [0.1, 0.15) is 26.2 Å². The van der Waals surface area contributed by atoms with E-state index in [1.54, 1.807) is 16.1 Å². The average molecular weight is 295 g/mol. The summed E-state index contributed by atoms with van der Waals surface area (Å²) in [6.45, 7) is 3.54. The molecule has 0 amide bonds. The van der Waals surface area contributed by atoms with E-state index in [9.17, 15) is 8.42 Å². The van der Waals surface area contributed by atoms with Gasteiger partial charge in [-0.05, 0) is 30.8 Å². The zero-order chi connectivity index (χ0) is 13.6. The van der Waals surface area contributed by atoms with Crippen LogP contribution in [0.2, 0.25) is 0 Å². The number of thioether (sulfide) groups is 1. The summed E-state index contributed by atoms with van der Waals surface area (Å²) in [5, 5.41) is 0. The SMILES string of the molecule is CSCC(C)CNS(=O)(=O)N1CCCCC1CN. The summed E-state index contributed by atoms with van der Waals surface area (Å²) in [6, 6.07) is -0.0351. The smallest absolute Gasteiger partial charge is 0.279 e. The molecule has 1 saturated heterocycles. The zero-order valence-electron chi connectivity index (χ0n) is 11.3. The third kappa shape index (κ3) is 4.70. The minimum atomic E-state index is -3.36. The van der Waals surface area contributed by atoms with Crippen molar-refractivity contribution >= 4 is 22.0 Å². The van der Waals surface area contributed by atoms with Crippen molar-refractivity contribution < 1.29 is 8.42 Å². The Morgan fingerprint density at radius 1 is 1.50 bits per heavy atom.